The fourth-order valence-electron chi connectivity index (χ4n) is 7.83. The molecule has 1 aliphatic rings. The van der Waals surface area contributed by atoms with Gasteiger partial charge < -0.3 is 35.8 Å². The van der Waals surface area contributed by atoms with E-state index in [9.17, 15) is 29.7 Å². The van der Waals surface area contributed by atoms with Gasteiger partial charge in [-0.05, 0) is 97.5 Å². The number of rotatable bonds is 14. The summed E-state index contributed by atoms with van der Waals surface area (Å²) in [4.78, 5) is 41.5. The summed E-state index contributed by atoms with van der Waals surface area (Å²) in [5, 5.41) is 35.3. The number of aromatic hydroxyl groups is 1. The molecule has 1 aliphatic carbocycles. The number of aromatic nitrogens is 2. The number of H-pyrrole nitrogens is 1. The third-order valence-electron chi connectivity index (χ3n) is 10.7. The molecule has 6 aromatic rings. The smallest absolute Gasteiger partial charge is 0.419 e. The molecule has 1 amide bonds. The van der Waals surface area contributed by atoms with Gasteiger partial charge in [0.15, 0.2) is 5.58 Å². The maximum Gasteiger partial charge on any atom is 0.419 e. The number of unbranched alkanes of at least 4 members (excludes halogenated alkanes) is 2. The highest BCUT2D eigenvalue weighted by Crippen LogP contribution is 2.37. The maximum atomic E-state index is 12.8. The average Bonchev–Trinajstić information content (AvgIpc) is 3.49. The van der Waals surface area contributed by atoms with E-state index in [-0.39, 0.29) is 35.5 Å². The molecule has 7 rings (SSSR count). The number of phenolic OH excluding ortho intramolecular Hbond substituents is 1. The van der Waals surface area contributed by atoms with E-state index >= 15 is 0 Å². The van der Waals surface area contributed by atoms with Crippen LogP contribution in [0.3, 0.4) is 0 Å². The molecule has 0 aliphatic heterocycles. The van der Waals surface area contributed by atoms with Crippen molar-refractivity contribution in [1.29, 1.82) is 0 Å². The van der Waals surface area contributed by atoms with Gasteiger partial charge in [-0.1, -0.05) is 61.0 Å². The molecule has 7 N–H and O–H groups in total. The molecule has 2 heterocycles. The highest BCUT2D eigenvalue weighted by Gasteiger charge is 2.30. The first kappa shape index (κ1) is 37.6. The zero-order valence-electron chi connectivity index (χ0n) is 30.6. The monoisotopic (exact) mass is 745 g/mol. The topological polar surface area (TPSA) is 187 Å². The highest BCUT2D eigenvalue weighted by molar-refractivity contribution is 5.94. The van der Waals surface area contributed by atoms with Gasteiger partial charge in [0.05, 0.1) is 22.8 Å². The number of nitrogens with zero attached hydrogens (tertiary/aromatic N) is 2. The molecule has 55 heavy (non-hydrogen) atoms. The quantitative estimate of drug-likeness (QED) is 0.0652. The third kappa shape index (κ3) is 8.51. The van der Waals surface area contributed by atoms with E-state index in [0.29, 0.717) is 35.3 Å². The second kappa shape index (κ2) is 16.8. The molecule has 12 nitrogen and oxygen atoms in total. The molecule has 0 unspecified atom stereocenters. The number of carboxylic acid groups (broad SMARTS) is 1. The lowest BCUT2D eigenvalue weighted by Crippen LogP contribution is -2.44. The van der Waals surface area contributed by atoms with Crippen molar-refractivity contribution in [2.24, 2.45) is 5.73 Å². The summed E-state index contributed by atoms with van der Waals surface area (Å²) in [7, 11) is 0. The lowest BCUT2D eigenvalue weighted by atomic mass is 9.89. The molecule has 1 fully saturated rings. The number of carbonyl (C=O) groups is 1. The molecule has 12 heteroatoms. The molecule has 4 aromatic carbocycles. The number of hydrogen-bond acceptors (Lipinski definition) is 8. The Bertz CT molecular complexity index is 2390. The Labute approximate surface area is 317 Å². The lowest BCUT2D eigenvalue weighted by Gasteiger charge is -2.35. The van der Waals surface area contributed by atoms with Gasteiger partial charge >= 0.3 is 11.8 Å². The Kier molecular flexibility index (Phi) is 11.5. The second-order valence-corrected chi connectivity index (χ2v) is 14.5. The molecule has 1 atom stereocenters. The molecular formula is C43H47N5O7. The highest BCUT2D eigenvalue weighted by atomic mass is 16.4. The Morgan fingerprint density at radius 1 is 0.927 bits per heavy atom. The van der Waals surface area contributed by atoms with Crippen LogP contribution in [0.25, 0.3) is 33.1 Å². The van der Waals surface area contributed by atoms with Gasteiger partial charge in [-0.15, -0.1) is 0 Å². The summed E-state index contributed by atoms with van der Waals surface area (Å²) >= 11 is 0. The van der Waals surface area contributed by atoms with Crippen LogP contribution in [0, 0.1) is 0 Å². The Morgan fingerprint density at radius 2 is 1.71 bits per heavy atom. The number of aliphatic hydroxyl groups is 1. The number of nitrogens with one attached hydrogen (secondary N) is 2. The number of aliphatic hydroxyl groups excluding tert-OH is 1. The first-order chi connectivity index (χ1) is 26.7. The van der Waals surface area contributed by atoms with E-state index in [4.69, 9.17) is 10.2 Å². The van der Waals surface area contributed by atoms with Crippen molar-refractivity contribution in [3.05, 3.63) is 129 Å². The zero-order chi connectivity index (χ0) is 38.5. The van der Waals surface area contributed by atoms with Crippen molar-refractivity contribution in [1.82, 2.24) is 14.9 Å². The molecule has 286 valence electrons. The number of aryl methyl sites for hydroxylation is 2. The first-order valence-electron chi connectivity index (χ1n) is 19.0. The molecule has 0 saturated heterocycles. The van der Waals surface area contributed by atoms with Crippen molar-refractivity contribution in [2.45, 2.75) is 82.6 Å². The molecule has 0 bridgehead atoms. The average molecular weight is 746 g/mol. The fourth-order valence-corrected chi connectivity index (χ4v) is 7.83. The molecule has 1 saturated carbocycles. The minimum absolute atomic E-state index is 0.0655. The SMILES string of the molecule is NC1CCC(N(C(=O)O)c2cc(CCCCCn3c(=O)oc4cc(CNC[C@@H](O)c5ccc(O)c6[nH]c(=O)ccc56)ccc43)ccc2-c2ccccc2)CC1. The molecular weight excluding hydrogens is 699 g/mol. The summed E-state index contributed by atoms with van der Waals surface area (Å²) in [6, 6.07) is 27.7. The lowest BCUT2D eigenvalue weighted by molar-refractivity contribution is 0.176. The van der Waals surface area contributed by atoms with E-state index in [1.54, 1.807) is 21.6 Å². The summed E-state index contributed by atoms with van der Waals surface area (Å²) in [6.07, 6.45) is 4.54. The van der Waals surface area contributed by atoms with Crippen molar-refractivity contribution in [2.75, 3.05) is 11.4 Å². The number of fused-ring (bicyclic) bond motifs is 2. The Hall–Kier alpha value is -5.69. The number of amides is 1. The van der Waals surface area contributed by atoms with Crippen molar-refractivity contribution >= 4 is 33.8 Å². The summed E-state index contributed by atoms with van der Waals surface area (Å²) in [5.74, 6) is -0.476. The van der Waals surface area contributed by atoms with Crippen LogP contribution in [-0.4, -0.2) is 49.6 Å². The standard InChI is InChI=1S/C43H47N5O7/c44-30-12-14-31(15-13-30)48(42(52)53)36-23-27(10-16-32(36)29-8-4-1-5-9-29)7-3-2-6-22-47-35-19-11-28(24-39(35)55-43(47)54)25-45-26-38(50)33-17-20-37(49)41-34(33)18-21-40(51)46-41/h1,4-5,8-11,16-21,23-24,30-31,38,45,49-50H,2-3,6-7,12-15,22,25-26,44H2,(H,46,51)(H,52,53)/t30?,31?,38-/m1/s1. The van der Waals surface area contributed by atoms with E-state index in [0.717, 1.165) is 79.1 Å². The first-order valence-corrected chi connectivity index (χ1v) is 19.0. The van der Waals surface area contributed by atoms with Crippen LogP contribution >= 0.6 is 0 Å². The summed E-state index contributed by atoms with van der Waals surface area (Å²) in [6.45, 7) is 1.14. The van der Waals surface area contributed by atoms with Gasteiger partial charge in [0.2, 0.25) is 5.56 Å². The van der Waals surface area contributed by atoms with Gasteiger partial charge in [-0.25, -0.2) is 9.59 Å². The zero-order valence-corrected chi connectivity index (χ0v) is 30.6. The van der Waals surface area contributed by atoms with Crippen LogP contribution in [0.2, 0.25) is 0 Å². The van der Waals surface area contributed by atoms with Gasteiger partial charge in [0.1, 0.15) is 5.75 Å². The summed E-state index contributed by atoms with van der Waals surface area (Å²) in [5.41, 5.74) is 12.4. The number of nitrogens with two attached hydrogens (primary N) is 1. The van der Waals surface area contributed by atoms with Crippen molar-refractivity contribution < 1.29 is 24.5 Å². The predicted octanol–water partition coefficient (Wildman–Crippen LogP) is 6.80. The number of benzene rings is 4. The van der Waals surface area contributed by atoms with Crippen molar-refractivity contribution in [3.8, 4) is 16.9 Å². The van der Waals surface area contributed by atoms with Crippen LogP contribution in [-0.2, 0) is 19.5 Å². The number of hydrogen-bond donors (Lipinski definition) is 6. The Balaban J connectivity index is 0.954. The number of phenols is 1. The number of aromatic amines is 1. The number of pyridine rings is 1. The normalized spacial score (nSPS) is 16.4. The molecule has 0 spiro atoms. The molecule has 2 aromatic heterocycles. The molecule has 0 radical (unpaired) electrons. The van der Waals surface area contributed by atoms with Crippen LogP contribution in [0.1, 0.15) is 67.7 Å². The van der Waals surface area contributed by atoms with E-state index < -0.39 is 18.0 Å². The van der Waals surface area contributed by atoms with Gasteiger partial charge in [-0.2, -0.15) is 0 Å². The van der Waals surface area contributed by atoms with Gasteiger partial charge in [-0.3, -0.25) is 14.3 Å². The fraction of sp³-hybridized carbons (Fsp3) is 0.326. The van der Waals surface area contributed by atoms with Crippen LogP contribution in [0.4, 0.5) is 10.5 Å². The minimum atomic E-state index is -0.949. The van der Waals surface area contributed by atoms with Gasteiger partial charge in [0.25, 0.3) is 0 Å². The van der Waals surface area contributed by atoms with E-state index in [1.165, 1.54) is 12.1 Å². The second-order valence-electron chi connectivity index (χ2n) is 14.5. The maximum absolute atomic E-state index is 12.8. The number of oxazole rings is 1. The van der Waals surface area contributed by atoms with Gasteiger partial charge in [0, 0.05) is 48.7 Å². The third-order valence-corrected chi connectivity index (χ3v) is 10.7. The van der Waals surface area contributed by atoms with Crippen LogP contribution < -0.4 is 27.3 Å². The Morgan fingerprint density at radius 3 is 2.49 bits per heavy atom. The predicted molar refractivity (Wildman–Crippen MR) is 214 cm³/mol. The van der Waals surface area contributed by atoms with Crippen molar-refractivity contribution in [3.63, 3.8) is 0 Å². The van der Waals surface area contributed by atoms with Crippen LogP contribution in [0.15, 0.2) is 105 Å². The number of anilines is 1. The van der Waals surface area contributed by atoms with E-state index in [2.05, 4.69) is 16.4 Å². The largest absolute Gasteiger partial charge is 0.506 e. The summed E-state index contributed by atoms with van der Waals surface area (Å²) < 4.78 is 7.27. The minimum Gasteiger partial charge on any atom is -0.506 e. The van der Waals surface area contributed by atoms with E-state index in [1.807, 2.05) is 60.7 Å². The van der Waals surface area contributed by atoms with Crippen LogP contribution in [0.5, 0.6) is 5.75 Å².